The summed E-state index contributed by atoms with van der Waals surface area (Å²) in [5.74, 6) is -1.66. The molecule has 2 saturated heterocycles. The maximum absolute atomic E-state index is 12.2. The van der Waals surface area contributed by atoms with Crippen molar-refractivity contribution >= 4 is 11.8 Å². The number of carbonyl (C=O) groups excluding carboxylic acids is 2. The molecule has 0 radical (unpaired) electrons. The third-order valence-electron chi connectivity index (χ3n) is 4.58. The Labute approximate surface area is 134 Å². The molecule has 0 bridgehead atoms. The summed E-state index contributed by atoms with van der Waals surface area (Å²) < 4.78 is 0. The third-order valence-corrected chi connectivity index (χ3v) is 4.58. The molecule has 2 rings (SSSR count). The number of unbranched alkanes of at least 4 members (excludes halogenated alkanes) is 3. The van der Waals surface area contributed by atoms with Gasteiger partial charge in [0.15, 0.2) is 0 Å². The van der Waals surface area contributed by atoms with Crippen molar-refractivity contribution in [3.63, 3.8) is 0 Å². The van der Waals surface area contributed by atoms with E-state index in [1.807, 2.05) is 0 Å². The molecule has 0 spiro atoms. The molecule has 2 aliphatic rings. The Morgan fingerprint density at radius 1 is 0.913 bits per heavy atom. The van der Waals surface area contributed by atoms with Crippen LogP contribution in [0.1, 0.15) is 25.7 Å². The Kier molecular flexibility index (Phi) is 5.93. The Morgan fingerprint density at radius 2 is 1.57 bits per heavy atom. The first-order chi connectivity index (χ1) is 11.0. The second-order valence-corrected chi connectivity index (χ2v) is 6.05. The Balaban J connectivity index is 2.12. The molecule has 2 fully saturated rings. The van der Waals surface area contributed by atoms with Gasteiger partial charge in [0.2, 0.25) is 0 Å². The normalized spacial score (nSPS) is 34.2. The van der Waals surface area contributed by atoms with Gasteiger partial charge in [-0.2, -0.15) is 0 Å². The fraction of sp³-hybridized carbons (Fsp3) is 0.857. The Hall–Kier alpha value is -1.26. The van der Waals surface area contributed by atoms with E-state index in [4.69, 9.17) is 5.73 Å². The fourth-order valence-corrected chi connectivity index (χ4v) is 3.30. The molecule has 6 N–H and O–H groups in total. The van der Waals surface area contributed by atoms with Gasteiger partial charge in [0.25, 0.3) is 0 Å². The quantitative estimate of drug-likeness (QED) is 0.246. The topological polar surface area (TPSA) is 148 Å². The zero-order valence-corrected chi connectivity index (χ0v) is 12.9. The zero-order valence-electron chi connectivity index (χ0n) is 12.9. The van der Waals surface area contributed by atoms with E-state index in [2.05, 4.69) is 0 Å². The van der Waals surface area contributed by atoms with Crippen molar-refractivity contribution in [1.82, 2.24) is 9.80 Å². The maximum atomic E-state index is 12.2. The molecule has 0 aliphatic carbocycles. The second kappa shape index (κ2) is 7.54. The fourth-order valence-electron chi connectivity index (χ4n) is 3.30. The molecule has 0 aromatic heterocycles. The van der Waals surface area contributed by atoms with Gasteiger partial charge in [-0.05, 0) is 19.4 Å². The lowest BCUT2D eigenvalue weighted by Gasteiger charge is -2.46. The second-order valence-electron chi connectivity index (χ2n) is 6.05. The molecule has 9 nitrogen and oxygen atoms in total. The van der Waals surface area contributed by atoms with E-state index in [-0.39, 0.29) is 6.54 Å². The lowest BCUT2D eigenvalue weighted by atomic mass is 9.92. The predicted molar refractivity (Wildman–Crippen MR) is 78.8 cm³/mol. The maximum Gasteiger partial charge on any atom is 0.314 e. The summed E-state index contributed by atoms with van der Waals surface area (Å²) in [6, 6.07) is -1.11. The standard InChI is InChI=1S/C14H25N3O6/c15-5-3-1-2-4-6-16-12-11(21)10(20)9(19)8(7-18)17(12)14(23)13(16)22/h8-12,18-21H,1-7,15H2/t8-,9-,10+,11+,12+/m1/s1. The van der Waals surface area contributed by atoms with Crippen molar-refractivity contribution < 1.29 is 30.0 Å². The van der Waals surface area contributed by atoms with Crippen LogP contribution in [0.15, 0.2) is 0 Å². The minimum absolute atomic E-state index is 0.258. The number of hydrogen-bond acceptors (Lipinski definition) is 7. The molecule has 0 unspecified atom stereocenters. The first-order valence-corrected chi connectivity index (χ1v) is 7.94. The van der Waals surface area contributed by atoms with Crippen LogP contribution in [-0.2, 0) is 9.59 Å². The summed E-state index contributed by atoms with van der Waals surface area (Å²) in [5, 5.41) is 39.4. The van der Waals surface area contributed by atoms with E-state index in [1.54, 1.807) is 0 Å². The van der Waals surface area contributed by atoms with Crippen molar-refractivity contribution in [2.24, 2.45) is 5.73 Å². The molecular weight excluding hydrogens is 306 g/mol. The van der Waals surface area contributed by atoms with E-state index < -0.39 is 48.9 Å². The van der Waals surface area contributed by atoms with E-state index in [1.165, 1.54) is 4.90 Å². The van der Waals surface area contributed by atoms with Crippen LogP contribution < -0.4 is 5.73 Å². The third kappa shape index (κ3) is 3.20. The highest BCUT2D eigenvalue weighted by atomic mass is 16.4. The number of amides is 2. The van der Waals surface area contributed by atoms with Gasteiger partial charge >= 0.3 is 11.8 Å². The zero-order chi connectivity index (χ0) is 17.1. The summed E-state index contributed by atoms with van der Waals surface area (Å²) in [6.07, 6.45) is -2.33. The van der Waals surface area contributed by atoms with Crippen molar-refractivity contribution in [3.8, 4) is 0 Å². The molecule has 2 heterocycles. The van der Waals surface area contributed by atoms with Crippen LogP contribution in [0.4, 0.5) is 0 Å². The molecule has 0 saturated carbocycles. The Morgan fingerprint density at radius 3 is 2.17 bits per heavy atom. The van der Waals surface area contributed by atoms with Gasteiger partial charge in [-0.25, -0.2) is 0 Å². The number of fused-ring (bicyclic) bond motifs is 1. The minimum Gasteiger partial charge on any atom is -0.394 e. The molecule has 5 atom stereocenters. The monoisotopic (exact) mass is 331 g/mol. The summed E-state index contributed by atoms with van der Waals surface area (Å²) >= 11 is 0. The summed E-state index contributed by atoms with van der Waals surface area (Å²) in [7, 11) is 0. The van der Waals surface area contributed by atoms with Gasteiger partial charge in [-0.3, -0.25) is 9.59 Å². The molecule has 2 aliphatic heterocycles. The molecule has 0 aromatic carbocycles. The predicted octanol–water partition coefficient (Wildman–Crippen LogP) is -3.04. The van der Waals surface area contributed by atoms with E-state index in [0.29, 0.717) is 13.0 Å². The molecule has 132 valence electrons. The van der Waals surface area contributed by atoms with Crippen LogP contribution in [0.2, 0.25) is 0 Å². The van der Waals surface area contributed by atoms with Crippen LogP contribution in [-0.4, -0.2) is 92.3 Å². The van der Waals surface area contributed by atoms with Crippen molar-refractivity contribution in [2.75, 3.05) is 19.7 Å². The van der Waals surface area contributed by atoms with Crippen molar-refractivity contribution in [1.29, 1.82) is 0 Å². The number of aliphatic hydroxyl groups excluding tert-OH is 4. The van der Waals surface area contributed by atoms with Crippen LogP contribution in [0.3, 0.4) is 0 Å². The van der Waals surface area contributed by atoms with Crippen molar-refractivity contribution in [2.45, 2.75) is 56.2 Å². The van der Waals surface area contributed by atoms with Gasteiger partial charge in [0.1, 0.15) is 24.5 Å². The van der Waals surface area contributed by atoms with Crippen LogP contribution in [0, 0.1) is 0 Å². The van der Waals surface area contributed by atoms with E-state index in [0.717, 1.165) is 24.2 Å². The number of rotatable bonds is 7. The van der Waals surface area contributed by atoms with Crippen LogP contribution >= 0.6 is 0 Å². The number of carbonyl (C=O) groups is 2. The molecular formula is C14H25N3O6. The van der Waals surface area contributed by atoms with Gasteiger partial charge in [0.05, 0.1) is 12.6 Å². The number of aliphatic hydroxyl groups is 4. The van der Waals surface area contributed by atoms with Crippen LogP contribution in [0.5, 0.6) is 0 Å². The first kappa shape index (κ1) is 18.1. The van der Waals surface area contributed by atoms with E-state index in [9.17, 15) is 30.0 Å². The lowest BCUT2D eigenvalue weighted by molar-refractivity contribution is -0.187. The highest BCUT2D eigenvalue weighted by Gasteiger charge is 2.58. The average Bonchev–Trinajstić information content (AvgIpc) is 2.78. The van der Waals surface area contributed by atoms with E-state index >= 15 is 0 Å². The van der Waals surface area contributed by atoms with Gasteiger partial charge in [-0.15, -0.1) is 0 Å². The molecule has 23 heavy (non-hydrogen) atoms. The molecule has 9 heteroatoms. The average molecular weight is 331 g/mol. The largest absolute Gasteiger partial charge is 0.394 e. The molecule has 0 aromatic rings. The SMILES string of the molecule is NCCCCCCN1C(=O)C(=O)N2[C@H](CO)[C@@H](O)[C@H](O)[C@H](O)[C@@H]12. The summed E-state index contributed by atoms with van der Waals surface area (Å²) in [6.45, 7) is 0.248. The smallest absolute Gasteiger partial charge is 0.314 e. The number of hydrogen-bond donors (Lipinski definition) is 5. The molecule has 2 amide bonds. The highest BCUT2D eigenvalue weighted by Crippen LogP contribution is 2.32. The number of piperidine rings is 1. The summed E-state index contributed by atoms with van der Waals surface area (Å²) in [4.78, 5) is 26.5. The van der Waals surface area contributed by atoms with Gasteiger partial charge in [0, 0.05) is 6.54 Å². The minimum atomic E-state index is -1.54. The Bertz CT molecular complexity index is 448. The summed E-state index contributed by atoms with van der Waals surface area (Å²) in [5.41, 5.74) is 5.41. The number of nitrogens with two attached hydrogens (primary N) is 1. The van der Waals surface area contributed by atoms with Gasteiger partial charge in [-0.1, -0.05) is 12.8 Å². The lowest BCUT2D eigenvalue weighted by Crippen LogP contribution is -2.68. The van der Waals surface area contributed by atoms with Crippen LogP contribution in [0.25, 0.3) is 0 Å². The highest BCUT2D eigenvalue weighted by molar-refractivity contribution is 6.37. The van der Waals surface area contributed by atoms with Crippen molar-refractivity contribution in [3.05, 3.63) is 0 Å². The first-order valence-electron chi connectivity index (χ1n) is 7.94. The number of nitrogens with zero attached hydrogens (tertiary/aromatic N) is 2. The van der Waals surface area contributed by atoms with Gasteiger partial charge < -0.3 is 36.0 Å².